The molecular formula is C20H26N4O. The number of rotatable bonds is 3. The van der Waals surface area contributed by atoms with Gasteiger partial charge in [0.15, 0.2) is 0 Å². The molecule has 2 unspecified atom stereocenters. The highest BCUT2D eigenvalue weighted by Gasteiger charge is 2.35. The van der Waals surface area contributed by atoms with E-state index in [0.717, 1.165) is 29.7 Å². The van der Waals surface area contributed by atoms with Gasteiger partial charge in [-0.1, -0.05) is 12.8 Å². The van der Waals surface area contributed by atoms with Gasteiger partial charge in [-0.3, -0.25) is 14.3 Å². The average molecular weight is 338 g/mol. The second-order valence-corrected chi connectivity index (χ2v) is 7.21. The summed E-state index contributed by atoms with van der Waals surface area (Å²) in [4.78, 5) is 24.2. The van der Waals surface area contributed by atoms with Crippen LogP contribution in [0.1, 0.15) is 45.4 Å². The summed E-state index contributed by atoms with van der Waals surface area (Å²) in [6, 6.07) is 6.04. The van der Waals surface area contributed by atoms with E-state index < -0.39 is 0 Å². The summed E-state index contributed by atoms with van der Waals surface area (Å²) in [5.74, 6) is 1.62. The summed E-state index contributed by atoms with van der Waals surface area (Å²) in [6.07, 6.45) is 11.2. The fourth-order valence-electron chi connectivity index (χ4n) is 4.55. The van der Waals surface area contributed by atoms with Gasteiger partial charge >= 0.3 is 0 Å². The summed E-state index contributed by atoms with van der Waals surface area (Å²) in [7, 11) is 0. The number of piperidine rings is 1. The quantitative estimate of drug-likeness (QED) is 0.860. The molecule has 2 aromatic rings. The van der Waals surface area contributed by atoms with Gasteiger partial charge in [-0.2, -0.15) is 0 Å². The van der Waals surface area contributed by atoms with Crippen molar-refractivity contribution in [2.24, 2.45) is 5.92 Å². The molecule has 3 heterocycles. The van der Waals surface area contributed by atoms with Crippen molar-refractivity contribution >= 4 is 5.95 Å². The zero-order valence-corrected chi connectivity index (χ0v) is 14.9. The predicted octanol–water partition coefficient (Wildman–Crippen LogP) is 3.48. The van der Waals surface area contributed by atoms with Crippen LogP contribution in [0.2, 0.25) is 0 Å². The molecule has 0 bridgehead atoms. The van der Waals surface area contributed by atoms with Crippen LogP contribution in [0.15, 0.2) is 35.4 Å². The molecule has 0 spiro atoms. The Morgan fingerprint density at radius 2 is 1.88 bits per heavy atom. The summed E-state index contributed by atoms with van der Waals surface area (Å²) in [5, 5.41) is 0. The second kappa shape index (κ2) is 6.98. The minimum atomic E-state index is 0.0391. The van der Waals surface area contributed by atoms with E-state index in [0.29, 0.717) is 12.6 Å². The van der Waals surface area contributed by atoms with E-state index >= 15 is 0 Å². The highest BCUT2D eigenvalue weighted by molar-refractivity contribution is 5.59. The van der Waals surface area contributed by atoms with E-state index in [4.69, 9.17) is 4.98 Å². The molecule has 0 amide bonds. The third-order valence-corrected chi connectivity index (χ3v) is 5.78. The maximum absolute atomic E-state index is 12.7. The normalized spacial score (nSPS) is 23.3. The third kappa shape index (κ3) is 3.08. The first-order valence-corrected chi connectivity index (χ1v) is 9.57. The van der Waals surface area contributed by atoms with Crippen molar-refractivity contribution in [3.05, 3.63) is 40.9 Å². The minimum absolute atomic E-state index is 0.0391. The summed E-state index contributed by atoms with van der Waals surface area (Å²) < 4.78 is 1.83. The van der Waals surface area contributed by atoms with Crippen molar-refractivity contribution in [3.63, 3.8) is 0 Å². The van der Waals surface area contributed by atoms with E-state index in [1.165, 1.54) is 38.5 Å². The zero-order chi connectivity index (χ0) is 17.2. The van der Waals surface area contributed by atoms with Gasteiger partial charge in [0.1, 0.15) is 0 Å². The Balaban J connectivity index is 1.79. The number of hydrogen-bond donors (Lipinski definition) is 0. The SMILES string of the molecule is CCn1c(N2CCCC3CCCCC32)nc(-c2ccncc2)cc1=O. The molecule has 2 aromatic heterocycles. The molecule has 5 nitrogen and oxygen atoms in total. The fraction of sp³-hybridized carbons (Fsp3) is 0.550. The zero-order valence-electron chi connectivity index (χ0n) is 14.9. The van der Waals surface area contributed by atoms with Crippen LogP contribution in [0.3, 0.4) is 0 Å². The van der Waals surface area contributed by atoms with E-state index in [1.54, 1.807) is 18.5 Å². The third-order valence-electron chi connectivity index (χ3n) is 5.78. The predicted molar refractivity (Wildman–Crippen MR) is 99.7 cm³/mol. The molecule has 1 aliphatic carbocycles. The Kier molecular flexibility index (Phi) is 4.55. The standard InChI is InChI=1S/C20H26N4O/c1-2-23-19(25)14-17(15-9-11-21-12-10-15)22-20(23)24-13-5-7-16-6-3-4-8-18(16)24/h9-12,14,16,18H,2-8,13H2,1H3. The van der Waals surface area contributed by atoms with Gasteiger partial charge in [-0.25, -0.2) is 4.98 Å². The maximum Gasteiger partial charge on any atom is 0.255 e. The van der Waals surface area contributed by atoms with Crippen LogP contribution < -0.4 is 10.5 Å². The highest BCUT2D eigenvalue weighted by Crippen LogP contribution is 2.37. The van der Waals surface area contributed by atoms with E-state index in [9.17, 15) is 4.79 Å². The highest BCUT2D eigenvalue weighted by atomic mass is 16.1. The molecule has 5 heteroatoms. The molecule has 0 aromatic carbocycles. The van der Waals surface area contributed by atoms with Gasteiger partial charge in [-0.05, 0) is 50.7 Å². The Morgan fingerprint density at radius 3 is 2.68 bits per heavy atom. The van der Waals surface area contributed by atoms with Crippen molar-refractivity contribution in [1.29, 1.82) is 0 Å². The monoisotopic (exact) mass is 338 g/mol. The van der Waals surface area contributed by atoms with E-state index in [2.05, 4.69) is 9.88 Å². The molecule has 0 radical (unpaired) electrons. The molecule has 25 heavy (non-hydrogen) atoms. The fourth-order valence-corrected chi connectivity index (χ4v) is 4.55. The van der Waals surface area contributed by atoms with Crippen molar-refractivity contribution < 1.29 is 0 Å². The smallest absolute Gasteiger partial charge is 0.255 e. The molecule has 4 rings (SSSR count). The molecule has 1 saturated carbocycles. The molecule has 1 saturated heterocycles. The first-order valence-electron chi connectivity index (χ1n) is 9.57. The number of anilines is 1. The summed E-state index contributed by atoms with van der Waals surface area (Å²) in [5.41, 5.74) is 1.75. The van der Waals surface area contributed by atoms with Crippen LogP contribution >= 0.6 is 0 Å². The Morgan fingerprint density at radius 1 is 1.12 bits per heavy atom. The molecule has 0 N–H and O–H groups in total. The van der Waals surface area contributed by atoms with Gasteiger partial charge in [-0.15, -0.1) is 0 Å². The first-order chi connectivity index (χ1) is 12.3. The van der Waals surface area contributed by atoms with E-state index in [-0.39, 0.29) is 5.56 Å². The van der Waals surface area contributed by atoms with Crippen LogP contribution in [0.4, 0.5) is 5.95 Å². The number of nitrogens with zero attached hydrogens (tertiary/aromatic N) is 4. The Bertz CT molecular complexity index is 784. The molecule has 2 atom stereocenters. The number of aromatic nitrogens is 3. The number of pyridine rings is 1. The largest absolute Gasteiger partial charge is 0.339 e. The van der Waals surface area contributed by atoms with Crippen molar-refractivity contribution in [2.45, 2.75) is 58.0 Å². The summed E-state index contributed by atoms with van der Waals surface area (Å²) >= 11 is 0. The number of hydrogen-bond acceptors (Lipinski definition) is 4. The Hall–Kier alpha value is -2.17. The van der Waals surface area contributed by atoms with Crippen LogP contribution in [0.5, 0.6) is 0 Å². The van der Waals surface area contributed by atoms with Crippen LogP contribution in [-0.2, 0) is 6.54 Å². The lowest BCUT2D eigenvalue weighted by atomic mass is 9.78. The van der Waals surface area contributed by atoms with Crippen molar-refractivity contribution in [1.82, 2.24) is 14.5 Å². The van der Waals surface area contributed by atoms with Crippen LogP contribution in [-0.4, -0.2) is 27.1 Å². The first kappa shape index (κ1) is 16.3. The minimum Gasteiger partial charge on any atom is -0.339 e. The average Bonchev–Trinajstić information content (AvgIpc) is 2.67. The van der Waals surface area contributed by atoms with Crippen LogP contribution in [0.25, 0.3) is 11.3 Å². The lowest BCUT2D eigenvalue weighted by Crippen LogP contribution is -2.49. The van der Waals surface area contributed by atoms with E-state index in [1.807, 2.05) is 23.6 Å². The molecule has 2 aliphatic rings. The Labute approximate surface area is 148 Å². The maximum atomic E-state index is 12.7. The lowest BCUT2D eigenvalue weighted by Gasteiger charge is -2.45. The second-order valence-electron chi connectivity index (χ2n) is 7.21. The molecular weight excluding hydrogens is 312 g/mol. The lowest BCUT2D eigenvalue weighted by molar-refractivity contribution is 0.240. The number of fused-ring (bicyclic) bond motifs is 1. The van der Waals surface area contributed by atoms with Gasteiger partial charge in [0.05, 0.1) is 5.69 Å². The van der Waals surface area contributed by atoms with Crippen molar-refractivity contribution in [2.75, 3.05) is 11.4 Å². The molecule has 2 fully saturated rings. The van der Waals surface area contributed by atoms with Crippen molar-refractivity contribution in [3.8, 4) is 11.3 Å². The molecule has 132 valence electrons. The van der Waals surface area contributed by atoms with Crippen LogP contribution in [0, 0.1) is 5.92 Å². The summed E-state index contributed by atoms with van der Waals surface area (Å²) in [6.45, 7) is 3.69. The topological polar surface area (TPSA) is 51.0 Å². The van der Waals surface area contributed by atoms with Gasteiger partial charge in [0.25, 0.3) is 5.56 Å². The van der Waals surface area contributed by atoms with Gasteiger partial charge < -0.3 is 4.90 Å². The van der Waals surface area contributed by atoms with Gasteiger partial charge in [0, 0.05) is 43.2 Å². The molecule has 1 aliphatic heterocycles. The van der Waals surface area contributed by atoms with Gasteiger partial charge in [0.2, 0.25) is 5.95 Å².